The lowest BCUT2D eigenvalue weighted by atomic mass is 10.1. The van der Waals surface area contributed by atoms with Crippen LogP contribution in [0.4, 0.5) is 11.4 Å². The molecule has 104 valence electrons. The lowest BCUT2D eigenvalue weighted by Gasteiger charge is -2.35. The molecule has 0 saturated carbocycles. The Bertz CT molecular complexity index is 465. The molecule has 0 aliphatic carbocycles. The third-order valence-corrected chi connectivity index (χ3v) is 4.41. The average Bonchev–Trinajstić information content (AvgIpc) is 2.40. The van der Waals surface area contributed by atoms with Gasteiger partial charge in [-0.2, -0.15) is 11.8 Å². The standard InChI is InChI=1S/C14H20N2O2S/c1-3-18-14(17)11-4-5-13(12(15)8-11)16-6-7-19-9-10(16)2/h4-5,8,10H,3,6-7,9,15H2,1-2H3. The molecule has 1 unspecified atom stereocenters. The third kappa shape index (κ3) is 3.15. The second-order valence-electron chi connectivity index (χ2n) is 4.61. The largest absolute Gasteiger partial charge is 0.462 e. The van der Waals surface area contributed by atoms with E-state index in [1.807, 2.05) is 17.8 Å². The van der Waals surface area contributed by atoms with E-state index >= 15 is 0 Å². The van der Waals surface area contributed by atoms with Crippen LogP contribution in [0, 0.1) is 0 Å². The molecule has 2 rings (SSSR count). The molecule has 0 amide bonds. The maximum absolute atomic E-state index is 11.7. The van der Waals surface area contributed by atoms with Crippen molar-refractivity contribution in [3.05, 3.63) is 23.8 Å². The van der Waals surface area contributed by atoms with Crippen LogP contribution >= 0.6 is 11.8 Å². The van der Waals surface area contributed by atoms with Crippen LogP contribution in [-0.4, -0.2) is 36.7 Å². The van der Waals surface area contributed by atoms with Gasteiger partial charge in [-0.1, -0.05) is 0 Å². The smallest absolute Gasteiger partial charge is 0.338 e. The zero-order valence-corrected chi connectivity index (χ0v) is 12.2. The van der Waals surface area contributed by atoms with Crippen LogP contribution in [0.25, 0.3) is 0 Å². The van der Waals surface area contributed by atoms with Crippen molar-refractivity contribution >= 4 is 29.1 Å². The van der Waals surface area contributed by atoms with Crippen molar-refractivity contribution < 1.29 is 9.53 Å². The summed E-state index contributed by atoms with van der Waals surface area (Å²) in [6, 6.07) is 5.89. The van der Waals surface area contributed by atoms with Crippen LogP contribution in [-0.2, 0) is 4.74 Å². The lowest BCUT2D eigenvalue weighted by Crippen LogP contribution is -2.40. The van der Waals surface area contributed by atoms with Gasteiger partial charge < -0.3 is 15.4 Å². The Labute approximate surface area is 118 Å². The van der Waals surface area contributed by atoms with Gasteiger partial charge >= 0.3 is 5.97 Å². The van der Waals surface area contributed by atoms with Gasteiger partial charge in [0.1, 0.15) is 0 Å². The molecule has 0 aromatic heterocycles. The minimum atomic E-state index is -0.317. The Balaban J connectivity index is 2.21. The number of benzene rings is 1. The Morgan fingerprint density at radius 1 is 1.58 bits per heavy atom. The minimum absolute atomic E-state index is 0.317. The van der Waals surface area contributed by atoms with Crippen LogP contribution in [0.1, 0.15) is 24.2 Å². The summed E-state index contributed by atoms with van der Waals surface area (Å²) >= 11 is 1.97. The fraction of sp³-hybridized carbons (Fsp3) is 0.500. The SMILES string of the molecule is CCOC(=O)c1ccc(N2CCSCC2C)c(N)c1. The summed E-state index contributed by atoms with van der Waals surface area (Å²) in [6.07, 6.45) is 0. The molecule has 1 aromatic rings. The van der Waals surface area contributed by atoms with E-state index in [1.165, 1.54) is 0 Å². The van der Waals surface area contributed by atoms with Crippen molar-refractivity contribution in [3.63, 3.8) is 0 Å². The van der Waals surface area contributed by atoms with Gasteiger partial charge in [0.05, 0.1) is 23.5 Å². The molecule has 2 N–H and O–H groups in total. The number of nitrogens with two attached hydrogens (primary N) is 1. The molecule has 0 bridgehead atoms. The van der Waals surface area contributed by atoms with Crippen LogP contribution < -0.4 is 10.6 Å². The third-order valence-electron chi connectivity index (χ3n) is 3.22. The van der Waals surface area contributed by atoms with Crippen LogP contribution in [0.5, 0.6) is 0 Å². The maximum atomic E-state index is 11.7. The van der Waals surface area contributed by atoms with Gasteiger partial charge in [-0.25, -0.2) is 4.79 Å². The topological polar surface area (TPSA) is 55.6 Å². The van der Waals surface area contributed by atoms with E-state index in [0.717, 1.165) is 23.7 Å². The highest BCUT2D eigenvalue weighted by Gasteiger charge is 2.21. The molecule has 1 aromatic carbocycles. The van der Waals surface area contributed by atoms with Gasteiger partial charge in [0.15, 0.2) is 0 Å². The predicted molar refractivity (Wildman–Crippen MR) is 80.9 cm³/mol. The fourth-order valence-corrected chi connectivity index (χ4v) is 3.26. The molecule has 1 saturated heterocycles. The molecule has 1 heterocycles. The summed E-state index contributed by atoms with van der Waals surface area (Å²) in [4.78, 5) is 14.0. The molecule has 1 fully saturated rings. The normalized spacial score (nSPS) is 19.3. The number of hydrogen-bond acceptors (Lipinski definition) is 5. The summed E-state index contributed by atoms with van der Waals surface area (Å²) in [6.45, 7) is 5.36. The molecule has 0 spiro atoms. The van der Waals surface area contributed by atoms with E-state index < -0.39 is 0 Å². The predicted octanol–water partition coefficient (Wildman–Crippen LogP) is 2.39. The number of anilines is 2. The first kappa shape index (κ1) is 14.1. The number of esters is 1. The van der Waals surface area contributed by atoms with Crippen molar-refractivity contribution in [3.8, 4) is 0 Å². The molecule has 5 heteroatoms. The van der Waals surface area contributed by atoms with Gasteiger partial charge in [-0.05, 0) is 32.0 Å². The van der Waals surface area contributed by atoms with Crippen molar-refractivity contribution in [2.75, 3.05) is 35.3 Å². The van der Waals surface area contributed by atoms with Crippen molar-refractivity contribution in [2.24, 2.45) is 0 Å². The fourth-order valence-electron chi connectivity index (χ4n) is 2.24. The number of carbonyl (C=O) groups excluding carboxylic acids is 1. The average molecular weight is 280 g/mol. The Morgan fingerprint density at radius 3 is 3.00 bits per heavy atom. The van der Waals surface area contributed by atoms with Gasteiger partial charge in [-0.15, -0.1) is 0 Å². The highest BCUT2D eigenvalue weighted by molar-refractivity contribution is 7.99. The summed E-state index contributed by atoms with van der Waals surface area (Å²) in [7, 11) is 0. The van der Waals surface area contributed by atoms with Crippen LogP contribution in [0.15, 0.2) is 18.2 Å². The molecule has 1 aliphatic heterocycles. The second-order valence-corrected chi connectivity index (χ2v) is 5.76. The number of rotatable bonds is 3. The molecular weight excluding hydrogens is 260 g/mol. The molecule has 1 aliphatic rings. The van der Waals surface area contributed by atoms with Crippen molar-refractivity contribution in [1.29, 1.82) is 0 Å². The molecule has 19 heavy (non-hydrogen) atoms. The highest BCUT2D eigenvalue weighted by atomic mass is 32.2. The Morgan fingerprint density at radius 2 is 2.37 bits per heavy atom. The van der Waals surface area contributed by atoms with E-state index in [0.29, 0.717) is 23.9 Å². The van der Waals surface area contributed by atoms with E-state index in [9.17, 15) is 4.79 Å². The zero-order valence-electron chi connectivity index (χ0n) is 11.4. The van der Waals surface area contributed by atoms with Crippen molar-refractivity contribution in [1.82, 2.24) is 0 Å². The number of carbonyl (C=O) groups is 1. The van der Waals surface area contributed by atoms with Gasteiger partial charge in [-0.3, -0.25) is 0 Å². The number of thioether (sulfide) groups is 1. The van der Waals surface area contributed by atoms with E-state index in [1.54, 1.807) is 19.1 Å². The summed E-state index contributed by atoms with van der Waals surface area (Å²) in [5.74, 6) is 1.91. The monoisotopic (exact) mass is 280 g/mol. The number of ether oxygens (including phenoxy) is 1. The van der Waals surface area contributed by atoms with Crippen LogP contribution in [0.2, 0.25) is 0 Å². The summed E-state index contributed by atoms with van der Waals surface area (Å²) < 4.78 is 4.98. The number of nitrogens with zero attached hydrogens (tertiary/aromatic N) is 1. The van der Waals surface area contributed by atoms with Gasteiger partial charge in [0.25, 0.3) is 0 Å². The molecule has 0 radical (unpaired) electrons. The van der Waals surface area contributed by atoms with E-state index in [2.05, 4.69) is 11.8 Å². The summed E-state index contributed by atoms with van der Waals surface area (Å²) in [5.41, 5.74) is 8.27. The molecule has 4 nitrogen and oxygen atoms in total. The van der Waals surface area contributed by atoms with Gasteiger partial charge in [0.2, 0.25) is 0 Å². The minimum Gasteiger partial charge on any atom is -0.462 e. The molecule has 1 atom stereocenters. The Hall–Kier alpha value is -1.36. The van der Waals surface area contributed by atoms with E-state index in [4.69, 9.17) is 10.5 Å². The molecular formula is C14H20N2O2S. The zero-order chi connectivity index (χ0) is 13.8. The maximum Gasteiger partial charge on any atom is 0.338 e. The Kier molecular flexibility index (Phi) is 4.58. The number of nitrogen functional groups attached to an aromatic ring is 1. The van der Waals surface area contributed by atoms with Crippen LogP contribution in [0.3, 0.4) is 0 Å². The van der Waals surface area contributed by atoms with Gasteiger partial charge in [0, 0.05) is 24.1 Å². The van der Waals surface area contributed by atoms with Crippen molar-refractivity contribution in [2.45, 2.75) is 19.9 Å². The first-order valence-electron chi connectivity index (χ1n) is 6.54. The first-order chi connectivity index (χ1) is 9.13. The van der Waals surface area contributed by atoms with E-state index in [-0.39, 0.29) is 5.97 Å². The summed E-state index contributed by atoms with van der Waals surface area (Å²) in [5, 5.41) is 0. The highest BCUT2D eigenvalue weighted by Crippen LogP contribution is 2.29. The quantitative estimate of drug-likeness (QED) is 0.680. The first-order valence-corrected chi connectivity index (χ1v) is 7.70. The number of hydrogen-bond donors (Lipinski definition) is 1. The second kappa shape index (κ2) is 6.19. The lowest BCUT2D eigenvalue weighted by molar-refractivity contribution is 0.0526.